The van der Waals surface area contributed by atoms with Gasteiger partial charge in [-0.2, -0.15) is 0 Å². The minimum atomic E-state index is -0.795. The van der Waals surface area contributed by atoms with E-state index in [9.17, 15) is 9.59 Å². The van der Waals surface area contributed by atoms with Gasteiger partial charge in [0.1, 0.15) is 11.8 Å². The maximum Gasteiger partial charge on any atom is 0.261 e. The normalized spacial score (nSPS) is 11.6. The number of nitrogens with one attached hydrogen (secondary N) is 1. The van der Waals surface area contributed by atoms with Crippen LogP contribution in [0.25, 0.3) is 0 Å². The van der Waals surface area contributed by atoms with Gasteiger partial charge in [-0.3, -0.25) is 9.59 Å². The standard InChI is InChI=1S/C28H31ClN2O3/c1-21(2)17-18-30-28(33)27(23-13-7-4-8-14-23)31(19-22-11-5-3-6-12-22)26(32)20-34-25-16-10-9-15-24(25)29/h3-16,21,27H,17-20H2,1-2H3,(H,30,33). The number of nitrogens with zero attached hydrogens (tertiary/aromatic N) is 1. The Morgan fingerprint density at radius 2 is 1.53 bits per heavy atom. The Morgan fingerprint density at radius 1 is 0.912 bits per heavy atom. The number of amides is 2. The highest BCUT2D eigenvalue weighted by Gasteiger charge is 2.31. The Bertz CT molecular complexity index is 1060. The van der Waals surface area contributed by atoms with E-state index in [2.05, 4.69) is 19.2 Å². The zero-order valence-electron chi connectivity index (χ0n) is 19.6. The van der Waals surface area contributed by atoms with Gasteiger partial charge < -0.3 is 15.0 Å². The molecule has 5 nitrogen and oxygen atoms in total. The van der Waals surface area contributed by atoms with Crippen LogP contribution in [-0.4, -0.2) is 29.9 Å². The highest BCUT2D eigenvalue weighted by Crippen LogP contribution is 2.26. The summed E-state index contributed by atoms with van der Waals surface area (Å²) in [6.07, 6.45) is 0.857. The van der Waals surface area contributed by atoms with Gasteiger partial charge >= 0.3 is 0 Å². The quantitative estimate of drug-likeness (QED) is 0.387. The van der Waals surface area contributed by atoms with Crippen molar-refractivity contribution in [3.8, 4) is 5.75 Å². The molecular formula is C28H31ClN2O3. The Labute approximate surface area is 206 Å². The van der Waals surface area contributed by atoms with Gasteiger partial charge in [-0.05, 0) is 35.6 Å². The van der Waals surface area contributed by atoms with Gasteiger partial charge in [0.2, 0.25) is 5.91 Å². The highest BCUT2D eigenvalue weighted by atomic mass is 35.5. The fraction of sp³-hybridized carbons (Fsp3) is 0.286. The summed E-state index contributed by atoms with van der Waals surface area (Å²) >= 11 is 6.19. The maximum absolute atomic E-state index is 13.5. The van der Waals surface area contributed by atoms with Crippen molar-refractivity contribution < 1.29 is 14.3 Å². The van der Waals surface area contributed by atoms with Crippen molar-refractivity contribution in [2.24, 2.45) is 5.92 Å². The van der Waals surface area contributed by atoms with Crippen molar-refractivity contribution in [3.05, 3.63) is 101 Å². The molecule has 6 heteroatoms. The summed E-state index contributed by atoms with van der Waals surface area (Å²) in [4.78, 5) is 28.5. The second-order valence-corrected chi connectivity index (χ2v) is 8.92. The molecule has 2 amide bonds. The minimum Gasteiger partial charge on any atom is -0.482 e. The van der Waals surface area contributed by atoms with Crippen LogP contribution >= 0.6 is 11.6 Å². The summed E-state index contributed by atoms with van der Waals surface area (Å²) in [5.74, 6) is 0.363. The van der Waals surface area contributed by atoms with E-state index in [1.807, 2.05) is 60.7 Å². The number of halogens is 1. The molecule has 3 aromatic carbocycles. The van der Waals surface area contributed by atoms with Crippen molar-refractivity contribution in [1.82, 2.24) is 10.2 Å². The first-order valence-electron chi connectivity index (χ1n) is 11.5. The lowest BCUT2D eigenvalue weighted by Crippen LogP contribution is -2.45. The second-order valence-electron chi connectivity index (χ2n) is 8.51. The van der Waals surface area contributed by atoms with E-state index < -0.39 is 6.04 Å². The number of carbonyl (C=O) groups excluding carboxylic acids is 2. The van der Waals surface area contributed by atoms with Gasteiger partial charge in [-0.15, -0.1) is 0 Å². The molecule has 1 N–H and O–H groups in total. The second kappa shape index (κ2) is 12.8. The molecule has 0 spiro atoms. The molecule has 1 atom stereocenters. The van der Waals surface area contributed by atoms with E-state index in [1.54, 1.807) is 29.2 Å². The Kier molecular flexibility index (Phi) is 9.53. The molecule has 0 saturated carbocycles. The minimum absolute atomic E-state index is 0.214. The third kappa shape index (κ3) is 7.35. The predicted molar refractivity (Wildman–Crippen MR) is 136 cm³/mol. The highest BCUT2D eigenvalue weighted by molar-refractivity contribution is 6.32. The van der Waals surface area contributed by atoms with Crippen molar-refractivity contribution in [1.29, 1.82) is 0 Å². The average Bonchev–Trinajstić information content (AvgIpc) is 2.84. The Hall–Kier alpha value is -3.31. The van der Waals surface area contributed by atoms with Crippen LogP contribution in [-0.2, 0) is 16.1 Å². The monoisotopic (exact) mass is 478 g/mol. The van der Waals surface area contributed by atoms with Crippen LogP contribution in [0.15, 0.2) is 84.9 Å². The predicted octanol–water partition coefficient (Wildman–Crippen LogP) is 5.65. The van der Waals surface area contributed by atoms with Crippen molar-refractivity contribution >= 4 is 23.4 Å². The van der Waals surface area contributed by atoms with E-state index in [-0.39, 0.29) is 25.0 Å². The van der Waals surface area contributed by atoms with Crippen LogP contribution in [0.4, 0.5) is 0 Å². The first-order valence-corrected chi connectivity index (χ1v) is 11.9. The van der Waals surface area contributed by atoms with Crippen LogP contribution in [0.5, 0.6) is 5.75 Å². The molecular weight excluding hydrogens is 448 g/mol. The zero-order chi connectivity index (χ0) is 24.3. The third-order valence-electron chi connectivity index (χ3n) is 5.40. The first kappa shape index (κ1) is 25.3. The van der Waals surface area contributed by atoms with E-state index in [0.29, 0.717) is 23.2 Å². The van der Waals surface area contributed by atoms with E-state index in [0.717, 1.165) is 17.5 Å². The summed E-state index contributed by atoms with van der Waals surface area (Å²) in [6, 6.07) is 25.2. The van der Waals surface area contributed by atoms with Crippen LogP contribution in [0, 0.1) is 5.92 Å². The van der Waals surface area contributed by atoms with Crippen molar-refractivity contribution in [2.75, 3.05) is 13.2 Å². The van der Waals surface area contributed by atoms with Crippen LogP contribution in [0.1, 0.15) is 37.4 Å². The van der Waals surface area contributed by atoms with Gasteiger partial charge in [0.05, 0.1) is 5.02 Å². The van der Waals surface area contributed by atoms with E-state index in [4.69, 9.17) is 16.3 Å². The molecule has 178 valence electrons. The summed E-state index contributed by atoms with van der Waals surface area (Å²) in [5.41, 5.74) is 1.66. The Balaban J connectivity index is 1.89. The molecule has 0 radical (unpaired) electrons. The van der Waals surface area contributed by atoms with Crippen LogP contribution in [0.2, 0.25) is 5.02 Å². The fourth-order valence-electron chi connectivity index (χ4n) is 3.58. The molecule has 0 aliphatic rings. The maximum atomic E-state index is 13.5. The average molecular weight is 479 g/mol. The SMILES string of the molecule is CC(C)CCNC(=O)C(c1ccccc1)N(Cc1ccccc1)C(=O)COc1ccccc1Cl. The van der Waals surface area contributed by atoms with Gasteiger partial charge in [0, 0.05) is 13.1 Å². The van der Waals surface area contributed by atoms with Crippen LogP contribution < -0.4 is 10.1 Å². The van der Waals surface area contributed by atoms with Crippen molar-refractivity contribution in [2.45, 2.75) is 32.9 Å². The van der Waals surface area contributed by atoms with Crippen molar-refractivity contribution in [3.63, 3.8) is 0 Å². The number of rotatable bonds is 11. The molecule has 0 aliphatic heterocycles. The molecule has 34 heavy (non-hydrogen) atoms. The molecule has 0 heterocycles. The van der Waals surface area contributed by atoms with Crippen LogP contribution in [0.3, 0.4) is 0 Å². The van der Waals surface area contributed by atoms with Gasteiger partial charge in [0.25, 0.3) is 5.91 Å². The van der Waals surface area contributed by atoms with Gasteiger partial charge in [-0.1, -0.05) is 98.2 Å². The number of para-hydroxylation sites is 1. The lowest BCUT2D eigenvalue weighted by Gasteiger charge is -2.31. The number of carbonyl (C=O) groups is 2. The first-order chi connectivity index (χ1) is 16.5. The summed E-state index contributed by atoms with van der Waals surface area (Å²) < 4.78 is 5.74. The number of hydrogen-bond acceptors (Lipinski definition) is 3. The fourth-order valence-corrected chi connectivity index (χ4v) is 3.77. The van der Waals surface area contributed by atoms with E-state index >= 15 is 0 Å². The molecule has 0 fully saturated rings. The van der Waals surface area contributed by atoms with Gasteiger partial charge in [-0.25, -0.2) is 0 Å². The largest absolute Gasteiger partial charge is 0.482 e. The van der Waals surface area contributed by atoms with Gasteiger partial charge in [0.15, 0.2) is 6.61 Å². The Morgan fingerprint density at radius 3 is 2.18 bits per heavy atom. The molecule has 0 aromatic heterocycles. The lowest BCUT2D eigenvalue weighted by atomic mass is 10.0. The number of benzene rings is 3. The number of hydrogen-bond donors (Lipinski definition) is 1. The molecule has 3 aromatic rings. The molecule has 3 rings (SSSR count). The summed E-state index contributed by atoms with van der Waals surface area (Å²) in [5, 5.41) is 3.45. The third-order valence-corrected chi connectivity index (χ3v) is 5.71. The topological polar surface area (TPSA) is 58.6 Å². The van der Waals surface area contributed by atoms with E-state index in [1.165, 1.54) is 0 Å². The molecule has 0 aliphatic carbocycles. The lowest BCUT2D eigenvalue weighted by molar-refractivity contribution is -0.143. The summed E-state index contributed by atoms with van der Waals surface area (Å²) in [6.45, 7) is 4.79. The zero-order valence-corrected chi connectivity index (χ0v) is 20.4. The number of ether oxygens (including phenoxy) is 1. The summed E-state index contributed by atoms with van der Waals surface area (Å²) in [7, 11) is 0. The molecule has 0 saturated heterocycles. The molecule has 0 bridgehead atoms. The smallest absolute Gasteiger partial charge is 0.261 e. The molecule has 1 unspecified atom stereocenters.